The normalized spacial score (nSPS) is 23.7. The molecule has 0 bridgehead atoms. The Hall–Kier alpha value is -1.43. The summed E-state index contributed by atoms with van der Waals surface area (Å²) in [5, 5.41) is 11.1. The van der Waals surface area contributed by atoms with Gasteiger partial charge in [0.1, 0.15) is 11.9 Å². The third kappa shape index (κ3) is 2.35. The lowest BCUT2D eigenvalue weighted by Gasteiger charge is -2.49. The number of carbonyl (C=O) groups is 1. The molecular formula is C15H16BrNO4. The van der Waals surface area contributed by atoms with E-state index in [4.69, 9.17) is 4.74 Å². The Labute approximate surface area is 130 Å². The van der Waals surface area contributed by atoms with E-state index in [9.17, 15) is 14.9 Å². The number of nitrogens with zero attached hydrogens (tertiary/aromatic N) is 1. The summed E-state index contributed by atoms with van der Waals surface area (Å²) in [5.74, 6) is 0.492. The molecule has 2 aliphatic rings. The standard InChI is InChI=1S/C15H16BrNO4/c16-10-5-4-6-11(17(19)20)14(10)21-13-9-12(18)15(13)7-2-1-3-8-15/h4-6,13H,1-3,7-9H2. The van der Waals surface area contributed by atoms with Crippen LogP contribution in [0.5, 0.6) is 5.75 Å². The minimum Gasteiger partial charge on any atom is -0.481 e. The van der Waals surface area contributed by atoms with Crippen LogP contribution < -0.4 is 4.74 Å². The molecule has 0 aliphatic heterocycles. The number of ether oxygens (including phenoxy) is 1. The number of Topliss-reactive ketones (excluding diaryl/α,β-unsaturated/α-hetero) is 1. The van der Waals surface area contributed by atoms with Crippen LogP contribution in [0.25, 0.3) is 0 Å². The summed E-state index contributed by atoms with van der Waals surface area (Å²) in [6, 6.07) is 4.75. The number of rotatable bonds is 3. The van der Waals surface area contributed by atoms with Crippen molar-refractivity contribution in [2.75, 3.05) is 0 Å². The van der Waals surface area contributed by atoms with Crippen molar-refractivity contribution in [2.45, 2.75) is 44.6 Å². The highest BCUT2D eigenvalue weighted by Gasteiger charge is 2.56. The molecule has 0 radical (unpaired) electrons. The summed E-state index contributed by atoms with van der Waals surface area (Å²) in [4.78, 5) is 22.8. The summed E-state index contributed by atoms with van der Waals surface area (Å²) in [5.41, 5.74) is -0.462. The number of hydrogen-bond acceptors (Lipinski definition) is 4. The molecule has 2 aliphatic carbocycles. The van der Waals surface area contributed by atoms with Crippen molar-refractivity contribution in [3.05, 3.63) is 32.8 Å². The smallest absolute Gasteiger partial charge is 0.312 e. The second-order valence-electron chi connectivity index (χ2n) is 5.80. The van der Waals surface area contributed by atoms with E-state index >= 15 is 0 Å². The van der Waals surface area contributed by atoms with Gasteiger partial charge in [0.15, 0.2) is 0 Å². The fourth-order valence-electron chi connectivity index (χ4n) is 3.45. The first-order valence-electron chi connectivity index (χ1n) is 7.17. The number of ketones is 1. The van der Waals surface area contributed by atoms with Gasteiger partial charge in [-0.05, 0) is 34.8 Å². The van der Waals surface area contributed by atoms with Crippen LogP contribution in [-0.2, 0) is 4.79 Å². The highest BCUT2D eigenvalue weighted by atomic mass is 79.9. The van der Waals surface area contributed by atoms with Crippen molar-refractivity contribution in [3.8, 4) is 5.75 Å². The van der Waals surface area contributed by atoms with Gasteiger partial charge in [-0.1, -0.05) is 25.3 Å². The predicted octanol–water partition coefficient (Wildman–Crippen LogP) is 4.03. The average molecular weight is 354 g/mol. The Bertz CT molecular complexity index is 595. The zero-order chi connectivity index (χ0) is 15.0. The van der Waals surface area contributed by atoms with E-state index in [0.29, 0.717) is 10.9 Å². The van der Waals surface area contributed by atoms with E-state index in [1.165, 1.54) is 6.07 Å². The van der Waals surface area contributed by atoms with Gasteiger partial charge in [0.05, 0.1) is 14.8 Å². The number of hydrogen-bond donors (Lipinski definition) is 0. The van der Waals surface area contributed by atoms with Crippen LogP contribution in [0.1, 0.15) is 38.5 Å². The Morgan fingerprint density at radius 1 is 1.29 bits per heavy atom. The maximum Gasteiger partial charge on any atom is 0.312 e. The SMILES string of the molecule is O=C1CC(Oc2c(Br)cccc2[N+](=O)[O-])C12CCCCC2. The topological polar surface area (TPSA) is 69.4 Å². The number of nitro groups is 1. The van der Waals surface area contributed by atoms with Crippen molar-refractivity contribution in [3.63, 3.8) is 0 Å². The average Bonchev–Trinajstić information content (AvgIpc) is 2.49. The van der Waals surface area contributed by atoms with Gasteiger partial charge in [0.25, 0.3) is 0 Å². The van der Waals surface area contributed by atoms with E-state index in [0.717, 1.165) is 32.1 Å². The highest BCUT2D eigenvalue weighted by Crippen LogP contribution is 2.51. The molecule has 5 nitrogen and oxygen atoms in total. The molecule has 1 aromatic rings. The highest BCUT2D eigenvalue weighted by molar-refractivity contribution is 9.10. The van der Waals surface area contributed by atoms with Gasteiger partial charge in [0, 0.05) is 12.5 Å². The molecule has 2 saturated carbocycles. The van der Waals surface area contributed by atoms with Gasteiger partial charge in [-0.15, -0.1) is 0 Å². The van der Waals surface area contributed by atoms with E-state index in [2.05, 4.69) is 15.9 Å². The monoisotopic (exact) mass is 353 g/mol. The van der Waals surface area contributed by atoms with Crippen molar-refractivity contribution < 1.29 is 14.5 Å². The second kappa shape index (κ2) is 5.40. The molecule has 0 N–H and O–H groups in total. The molecule has 1 spiro atoms. The summed E-state index contributed by atoms with van der Waals surface area (Å²) >= 11 is 3.31. The van der Waals surface area contributed by atoms with Crippen LogP contribution in [0.15, 0.2) is 22.7 Å². The fraction of sp³-hybridized carbons (Fsp3) is 0.533. The molecule has 112 valence electrons. The summed E-state index contributed by atoms with van der Waals surface area (Å²) in [6.07, 6.45) is 5.02. The van der Waals surface area contributed by atoms with Crippen LogP contribution in [0, 0.1) is 15.5 Å². The molecule has 1 atom stereocenters. The Balaban J connectivity index is 1.87. The third-order valence-electron chi connectivity index (χ3n) is 4.69. The molecule has 1 unspecified atom stereocenters. The third-order valence-corrected chi connectivity index (χ3v) is 5.32. The lowest BCUT2D eigenvalue weighted by atomic mass is 9.57. The quantitative estimate of drug-likeness (QED) is 0.607. The molecule has 0 saturated heterocycles. The number of benzene rings is 1. The van der Waals surface area contributed by atoms with Crippen molar-refractivity contribution >= 4 is 27.4 Å². The number of para-hydroxylation sites is 1. The van der Waals surface area contributed by atoms with E-state index < -0.39 is 10.3 Å². The minimum atomic E-state index is -0.450. The van der Waals surface area contributed by atoms with Gasteiger partial charge in [0.2, 0.25) is 5.75 Å². The van der Waals surface area contributed by atoms with E-state index in [-0.39, 0.29) is 23.3 Å². The first-order chi connectivity index (χ1) is 10.0. The lowest BCUT2D eigenvalue weighted by Crippen LogP contribution is -2.57. The first kappa shape index (κ1) is 14.5. The van der Waals surface area contributed by atoms with Gasteiger partial charge < -0.3 is 4.74 Å². The van der Waals surface area contributed by atoms with Crippen LogP contribution in [0.4, 0.5) is 5.69 Å². The number of halogens is 1. The maximum absolute atomic E-state index is 12.1. The van der Waals surface area contributed by atoms with Gasteiger partial charge in [-0.25, -0.2) is 0 Å². The van der Waals surface area contributed by atoms with Gasteiger partial charge in [-0.2, -0.15) is 0 Å². The summed E-state index contributed by atoms with van der Waals surface area (Å²) < 4.78 is 6.49. The van der Waals surface area contributed by atoms with Crippen LogP contribution in [0.2, 0.25) is 0 Å². The maximum atomic E-state index is 12.1. The van der Waals surface area contributed by atoms with Crippen molar-refractivity contribution in [2.24, 2.45) is 5.41 Å². The number of nitro benzene ring substituents is 1. The molecule has 3 rings (SSSR count). The second-order valence-corrected chi connectivity index (χ2v) is 6.65. The molecule has 2 fully saturated rings. The van der Waals surface area contributed by atoms with Gasteiger partial charge >= 0.3 is 5.69 Å². The Morgan fingerprint density at radius 2 is 2.00 bits per heavy atom. The van der Waals surface area contributed by atoms with E-state index in [1.807, 2.05) is 0 Å². The molecule has 1 aromatic carbocycles. The van der Waals surface area contributed by atoms with Crippen LogP contribution in [0.3, 0.4) is 0 Å². The van der Waals surface area contributed by atoms with Crippen LogP contribution >= 0.6 is 15.9 Å². The molecule has 6 heteroatoms. The molecule has 21 heavy (non-hydrogen) atoms. The first-order valence-corrected chi connectivity index (χ1v) is 7.97. The molecule has 0 amide bonds. The van der Waals surface area contributed by atoms with E-state index in [1.54, 1.807) is 12.1 Å². The minimum absolute atomic E-state index is 0.0605. The predicted molar refractivity (Wildman–Crippen MR) is 80.4 cm³/mol. The lowest BCUT2D eigenvalue weighted by molar-refractivity contribution is -0.386. The van der Waals surface area contributed by atoms with Crippen molar-refractivity contribution in [1.82, 2.24) is 0 Å². The van der Waals surface area contributed by atoms with Crippen LogP contribution in [-0.4, -0.2) is 16.8 Å². The Morgan fingerprint density at radius 3 is 2.62 bits per heavy atom. The summed E-state index contributed by atoms with van der Waals surface area (Å²) in [6.45, 7) is 0. The van der Waals surface area contributed by atoms with Gasteiger partial charge in [-0.3, -0.25) is 14.9 Å². The zero-order valence-corrected chi connectivity index (χ0v) is 13.1. The number of carbonyl (C=O) groups excluding carboxylic acids is 1. The Kier molecular flexibility index (Phi) is 3.73. The molecule has 0 aromatic heterocycles. The zero-order valence-electron chi connectivity index (χ0n) is 11.5. The molecule has 0 heterocycles. The fourth-order valence-corrected chi connectivity index (χ4v) is 3.90. The molecular weight excluding hydrogens is 338 g/mol. The van der Waals surface area contributed by atoms with Crippen molar-refractivity contribution in [1.29, 1.82) is 0 Å². The summed E-state index contributed by atoms with van der Waals surface area (Å²) in [7, 11) is 0. The largest absolute Gasteiger partial charge is 0.481 e.